The second-order valence-corrected chi connectivity index (χ2v) is 4.18. The Kier molecular flexibility index (Phi) is 4.75. The van der Waals surface area contributed by atoms with E-state index in [0.29, 0.717) is 13.2 Å². The summed E-state index contributed by atoms with van der Waals surface area (Å²) in [5.41, 5.74) is 7.80. The van der Waals surface area contributed by atoms with E-state index in [0.717, 1.165) is 29.0 Å². The number of nitrogens with two attached hydrogens (primary N) is 1. The number of hydrogen-bond donors (Lipinski definition) is 1. The predicted molar refractivity (Wildman–Crippen MR) is 74.3 cm³/mol. The summed E-state index contributed by atoms with van der Waals surface area (Å²) < 4.78 is 10.9. The molecule has 0 aliphatic rings. The van der Waals surface area contributed by atoms with Gasteiger partial charge in [0, 0.05) is 31.4 Å². The molecule has 1 aromatic carbocycles. The molecule has 0 atom stereocenters. The zero-order valence-electron chi connectivity index (χ0n) is 11.0. The van der Waals surface area contributed by atoms with E-state index in [2.05, 4.69) is 4.98 Å². The Balaban J connectivity index is 1.95. The third-order valence-corrected chi connectivity index (χ3v) is 2.79. The zero-order chi connectivity index (χ0) is 13.5. The summed E-state index contributed by atoms with van der Waals surface area (Å²) in [6, 6.07) is 9.67. The van der Waals surface area contributed by atoms with E-state index < -0.39 is 0 Å². The smallest absolute Gasteiger partial charge is 0.123 e. The fraction of sp³-hybridized carbons (Fsp3) is 0.267. The molecule has 1 aromatic heterocycles. The number of hydrogen-bond acceptors (Lipinski definition) is 4. The van der Waals surface area contributed by atoms with Gasteiger partial charge in [-0.15, -0.1) is 0 Å². The summed E-state index contributed by atoms with van der Waals surface area (Å²) in [4.78, 5) is 4.07. The Morgan fingerprint density at radius 2 is 2.00 bits per heavy atom. The summed E-state index contributed by atoms with van der Waals surface area (Å²) in [6.45, 7) is 1.07. The Morgan fingerprint density at radius 3 is 2.68 bits per heavy atom. The van der Waals surface area contributed by atoms with Crippen molar-refractivity contribution < 1.29 is 9.47 Å². The lowest BCUT2D eigenvalue weighted by Gasteiger charge is -2.10. The average Bonchev–Trinajstić information content (AvgIpc) is 2.48. The standard InChI is InChI=1S/C15H18N2O2/c1-18-14-7-13(10-16)8-15(9-14)19-6-4-12-3-2-5-17-11-12/h2-3,5,7-9,11H,4,6,10,16H2,1H3. The quantitative estimate of drug-likeness (QED) is 0.862. The number of pyridine rings is 1. The highest BCUT2D eigenvalue weighted by Crippen LogP contribution is 2.22. The maximum atomic E-state index is 5.73. The highest BCUT2D eigenvalue weighted by molar-refractivity contribution is 5.38. The van der Waals surface area contributed by atoms with Gasteiger partial charge in [0.1, 0.15) is 11.5 Å². The first kappa shape index (κ1) is 13.4. The summed E-state index contributed by atoms with van der Waals surface area (Å²) in [5.74, 6) is 1.54. The molecule has 0 saturated carbocycles. The minimum absolute atomic E-state index is 0.468. The molecule has 0 radical (unpaired) electrons. The van der Waals surface area contributed by atoms with Crippen LogP contribution < -0.4 is 15.2 Å². The Morgan fingerprint density at radius 1 is 1.16 bits per heavy atom. The highest BCUT2D eigenvalue weighted by Gasteiger charge is 2.02. The first-order valence-corrected chi connectivity index (χ1v) is 6.21. The molecule has 4 nitrogen and oxygen atoms in total. The van der Waals surface area contributed by atoms with Crippen molar-refractivity contribution in [1.29, 1.82) is 0 Å². The van der Waals surface area contributed by atoms with Gasteiger partial charge in [0.25, 0.3) is 0 Å². The first-order chi connectivity index (χ1) is 9.31. The Labute approximate surface area is 113 Å². The van der Waals surface area contributed by atoms with Crippen LogP contribution in [0, 0.1) is 0 Å². The van der Waals surface area contributed by atoms with Crippen LogP contribution >= 0.6 is 0 Å². The zero-order valence-corrected chi connectivity index (χ0v) is 11.0. The van der Waals surface area contributed by atoms with E-state index in [1.807, 2.05) is 36.5 Å². The molecule has 0 fully saturated rings. The van der Waals surface area contributed by atoms with E-state index in [1.165, 1.54) is 0 Å². The lowest BCUT2D eigenvalue weighted by molar-refractivity contribution is 0.318. The number of benzene rings is 1. The maximum absolute atomic E-state index is 5.73. The molecular weight excluding hydrogens is 240 g/mol. The molecule has 2 aromatic rings. The van der Waals surface area contributed by atoms with Crippen molar-refractivity contribution in [3.05, 3.63) is 53.9 Å². The Hall–Kier alpha value is -2.07. The van der Waals surface area contributed by atoms with Crippen molar-refractivity contribution in [2.45, 2.75) is 13.0 Å². The first-order valence-electron chi connectivity index (χ1n) is 6.21. The van der Waals surface area contributed by atoms with Crippen molar-refractivity contribution >= 4 is 0 Å². The molecule has 2 N–H and O–H groups in total. The number of nitrogens with zero attached hydrogens (tertiary/aromatic N) is 1. The monoisotopic (exact) mass is 258 g/mol. The van der Waals surface area contributed by atoms with Gasteiger partial charge in [-0.3, -0.25) is 4.98 Å². The summed E-state index contributed by atoms with van der Waals surface area (Å²) >= 11 is 0. The molecule has 0 bridgehead atoms. The van der Waals surface area contributed by atoms with Crippen LogP contribution in [-0.2, 0) is 13.0 Å². The van der Waals surface area contributed by atoms with Gasteiger partial charge in [-0.2, -0.15) is 0 Å². The summed E-state index contributed by atoms with van der Waals surface area (Å²) in [5, 5.41) is 0. The second kappa shape index (κ2) is 6.75. The molecular formula is C15H18N2O2. The fourth-order valence-corrected chi connectivity index (χ4v) is 1.78. The van der Waals surface area contributed by atoms with E-state index in [-0.39, 0.29) is 0 Å². The van der Waals surface area contributed by atoms with Gasteiger partial charge >= 0.3 is 0 Å². The molecule has 2 rings (SSSR count). The number of methoxy groups -OCH3 is 1. The van der Waals surface area contributed by atoms with E-state index in [9.17, 15) is 0 Å². The van der Waals surface area contributed by atoms with Crippen LogP contribution in [0.15, 0.2) is 42.7 Å². The van der Waals surface area contributed by atoms with Crippen molar-refractivity contribution in [2.75, 3.05) is 13.7 Å². The normalized spacial score (nSPS) is 10.2. The topological polar surface area (TPSA) is 57.4 Å². The molecule has 100 valence electrons. The fourth-order valence-electron chi connectivity index (χ4n) is 1.78. The van der Waals surface area contributed by atoms with Crippen LogP contribution in [0.5, 0.6) is 11.5 Å². The molecule has 0 unspecified atom stereocenters. The van der Waals surface area contributed by atoms with Crippen LogP contribution in [-0.4, -0.2) is 18.7 Å². The SMILES string of the molecule is COc1cc(CN)cc(OCCc2cccnc2)c1. The summed E-state index contributed by atoms with van der Waals surface area (Å²) in [7, 11) is 1.63. The van der Waals surface area contributed by atoms with E-state index in [4.69, 9.17) is 15.2 Å². The number of ether oxygens (including phenoxy) is 2. The van der Waals surface area contributed by atoms with Crippen LogP contribution in [0.1, 0.15) is 11.1 Å². The van der Waals surface area contributed by atoms with Gasteiger partial charge in [0.2, 0.25) is 0 Å². The third kappa shape index (κ3) is 3.96. The predicted octanol–water partition coefficient (Wildman–Crippen LogP) is 2.17. The van der Waals surface area contributed by atoms with Crippen LogP contribution in [0.3, 0.4) is 0 Å². The molecule has 0 saturated heterocycles. The van der Waals surface area contributed by atoms with Gasteiger partial charge in [-0.1, -0.05) is 6.07 Å². The van der Waals surface area contributed by atoms with E-state index in [1.54, 1.807) is 13.3 Å². The maximum Gasteiger partial charge on any atom is 0.123 e. The molecule has 19 heavy (non-hydrogen) atoms. The lowest BCUT2D eigenvalue weighted by atomic mass is 10.2. The third-order valence-electron chi connectivity index (χ3n) is 2.79. The van der Waals surface area contributed by atoms with Crippen molar-refractivity contribution in [1.82, 2.24) is 4.98 Å². The highest BCUT2D eigenvalue weighted by atomic mass is 16.5. The largest absolute Gasteiger partial charge is 0.497 e. The molecule has 0 amide bonds. The van der Waals surface area contributed by atoms with Gasteiger partial charge in [0.15, 0.2) is 0 Å². The second-order valence-electron chi connectivity index (χ2n) is 4.18. The van der Waals surface area contributed by atoms with Crippen LogP contribution in [0.4, 0.5) is 0 Å². The lowest BCUT2D eigenvalue weighted by Crippen LogP contribution is -2.03. The van der Waals surface area contributed by atoms with Gasteiger partial charge < -0.3 is 15.2 Å². The molecule has 0 spiro atoms. The number of rotatable bonds is 6. The Bertz CT molecular complexity index is 493. The van der Waals surface area contributed by atoms with E-state index >= 15 is 0 Å². The number of aromatic nitrogens is 1. The molecule has 4 heteroatoms. The van der Waals surface area contributed by atoms with Crippen molar-refractivity contribution in [2.24, 2.45) is 5.73 Å². The molecule has 0 aliphatic heterocycles. The minimum Gasteiger partial charge on any atom is -0.497 e. The average molecular weight is 258 g/mol. The van der Waals surface area contributed by atoms with Crippen LogP contribution in [0.25, 0.3) is 0 Å². The van der Waals surface area contributed by atoms with Crippen molar-refractivity contribution in [3.8, 4) is 11.5 Å². The molecule has 0 aliphatic carbocycles. The molecule has 1 heterocycles. The minimum atomic E-state index is 0.468. The van der Waals surface area contributed by atoms with Crippen LogP contribution in [0.2, 0.25) is 0 Å². The summed E-state index contributed by atoms with van der Waals surface area (Å²) in [6.07, 6.45) is 4.43. The van der Waals surface area contributed by atoms with Gasteiger partial charge in [-0.25, -0.2) is 0 Å². The van der Waals surface area contributed by atoms with Crippen molar-refractivity contribution in [3.63, 3.8) is 0 Å². The van der Waals surface area contributed by atoms with Gasteiger partial charge in [0.05, 0.1) is 13.7 Å². The van der Waals surface area contributed by atoms with Gasteiger partial charge in [-0.05, 0) is 29.3 Å².